The van der Waals surface area contributed by atoms with E-state index < -0.39 is 0 Å². The van der Waals surface area contributed by atoms with Crippen molar-refractivity contribution in [2.45, 2.75) is 38.7 Å². The molecule has 0 amide bonds. The second-order valence-corrected chi connectivity index (χ2v) is 4.59. The molecule has 94 valence electrons. The normalized spacial score (nSPS) is 24.4. The number of nitrogens with two attached hydrogens (primary N) is 2. The zero-order chi connectivity index (χ0) is 12.3. The fourth-order valence-corrected chi connectivity index (χ4v) is 2.10. The zero-order valence-electron chi connectivity index (χ0n) is 10.0. The van der Waals surface area contributed by atoms with E-state index in [4.69, 9.17) is 16.3 Å². The van der Waals surface area contributed by atoms with Crippen LogP contribution < -0.4 is 21.7 Å². The molecule has 0 bridgehead atoms. The molecule has 6 nitrogen and oxygen atoms in total. The van der Waals surface area contributed by atoms with E-state index in [0.29, 0.717) is 11.7 Å². The largest absolute Gasteiger partial charge is 0.474 e. The van der Waals surface area contributed by atoms with Gasteiger partial charge in [-0.3, -0.25) is 0 Å². The van der Waals surface area contributed by atoms with E-state index in [1.807, 2.05) is 0 Å². The molecule has 1 aliphatic rings. The topological polar surface area (TPSA) is 99.1 Å². The van der Waals surface area contributed by atoms with Crippen LogP contribution in [0.5, 0.6) is 5.88 Å². The second kappa shape index (κ2) is 5.18. The first-order chi connectivity index (χ1) is 8.17. The van der Waals surface area contributed by atoms with Crippen LogP contribution in [0, 0.1) is 5.92 Å². The fourth-order valence-electron chi connectivity index (χ4n) is 2.10. The quantitative estimate of drug-likeness (QED) is 0.541. The summed E-state index contributed by atoms with van der Waals surface area (Å²) in [6.07, 6.45) is 4.76. The third kappa shape index (κ3) is 3.20. The smallest absolute Gasteiger partial charge is 0.225 e. The van der Waals surface area contributed by atoms with Gasteiger partial charge in [-0.05, 0) is 31.6 Å². The number of anilines is 2. The van der Waals surface area contributed by atoms with Gasteiger partial charge in [0.2, 0.25) is 11.8 Å². The number of hydrazine groups is 1. The molecule has 1 heterocycles. The van der Waals surface area contributed by atoms with Gasteiger partial charge >= 0.3 is 0 Å². The summed E-state index contributed by atoms with van der Waals surface area (Å²) in [5, 5.41) is 0. The minimum atomic E-state index is 0.166. The molecule has 6 heteroatoms. The molecule has 1 aliphatic carbocycles. The average Bonchev–Trinajstić information content (AvgIpc) is 2.31. The van der Waals surface area contributed by atoms with E-state index >= 15 is 0 Å². The van der Waals surface area contributed by atoms with Crippen LogP contribution >= 0.6 is 0 Å². The molecule has 0 unspecified atom stereocenters. The highest BCUT2D eigenvalue weighted by Gasteiger charge is 2.20. The van der Waals surface area contributed by atoms with Crippen molar-refractivity contribution in [1.82, 2.24) is 9.97 Å². The van der Waals surface area contributed by atoms with Gasteiger partial charge in [0.15, 0.2) is 0 Å². The van der Waals surface area contributed by atoms with Gasteiger partial charge in [0, 0.05) is 6.07 Å². The number of nitrogen functional groups attached to an aromatic ring is 2. The highest BCUT2D eigenvalue weighted by Crippen LogP contribution is 2.27. The van der Waals surface area contributed by atoms with Crippen molar-refractivity contribution in [2.24, 2.45) is 11.8 Å². The van der Waals surface area contributed by atoms with E-state index in [9.17, 15) is 0 Å². The first-order valence-electron chi connectivity index (χ1n) is 5.95. The zero-order valence-corrected chi connectivity index (χ0v) is 10.0. The Morgan fingerprint density at radius 2 is 2.00 bits per heavy atom. The van der Waals surface area contributed by atoms with Crippen molar-refractivity contribution < 1.29 is 4.74 Å². The molecule has 0 spiro atoms. The predicted octanol–water partition coefficient (Wildman–Crippen LogP) is 1.30. The molecule has 17 heavy (non-hydrogen) atoms. The monoisotopic (exact) mass is 237 g/mol. The Morgan fingerprint density at radius 1 is 1.29 bits per heavy atom. The van der Waals surface area contributed by atoms with Crippen molar-refractivity contribution >= 4 is 11.8 Å². The van der Waals surface area contributed by atoms with Crippen molar-refractivity contribution in [3.05, 3.63) is 6.07 Å². The van der Waals surface area contributed by atoms with Gasteiger partial charge in [0.1, 0.15) is 11.9 Å². The number of hydrogen-bond acceptors (Lipinski definition) is 6. The van der Waals surface area contributed by atoms with Crippen molar-refractivity contribution in [2.75, 3.05) is 11.2 Å². The van der Waals surface area contributed by atoms with Crippen LogP contribution in [0.4, 0.5) is 11.8 Å². The van der Waals surface area contributed by atoms with Crippen LogP contribution in [0.25, 0.3) is 0 Å². The molecule has 0 radical (unpaired) electrons. The SMILES string of the molecule is CC1CCC(Oc2cc(NN)nc(N)n2)CC1. The standard InChI is InChI=1S/C11H19N5O/c1-7-2-4-8(5-3-7)17-10-6-9(16-13)14-11(12)15-10/h6-8H,2-5,13H2,1H3,(H3,12,14,15,16). The van der Waals surface area contributed by atoms with Crippen LogP contribution in [0.1, 0.15) is 32.6 Å². The maximum Gasteiger partial charge on any atom is 0.225 e. The van der Waals surface area contributed by atoms with E-state index in [0.717, 1.165) is 18.8 Å². The minimum absolute atomic E-state index is 0.166. The van der Waals surface area contributed by atoms with Crippen LogP contribution in [0.2, 0.25) is 0 Å². The number of rotatable bonds is 3. The molecular formula is C11H19N5O. The number of aromatic nitrogens is 2. The number of nitrogens with zero attached hydrogens (tertiary/aromatic N) is 2. The van der Waals surface area contributed by atoms with Crippen LogP contribution in [0.15, 0.2) is 6.07 Å². The molecule has 0 saturated heterocycles. The van der Waals surface area contributed by atoms with E-state index in [-0.39, 0.29) is 12.1 Å². The summed E-state index contributed by atoms with van der Waals surface area (Å²) >= 11 is 0. The lowest BCUT2D eigenvalue weighted by atomic mass is 9.89. The Morgan fingerprint density at radius 3 is 2.65 bits per heavy atom. The predicted molar refractivity (Wildman–Crippen MR) is 66.3 cm³/mol. The summed E-state index contributed by atoms with van der Waals surface area (Å²) in [6.45, 7) is 2.27. The van der Waals surface area contributed by atoms with Crippen molar-refractivity contribution in [3.8, 4) is 5.88 Å². The molecule has 1 fully saturated rings. The summed E-state index contributed by atoms with van der Waals surface area (Å²) in [7, 11) is 0. The molecule has 2 rings (SSSR count). The van der Waals surface area contributed by atoms with Gasteiger partial charge in [0.05, 0.1) is 0 Å². The Balaban J connectivity index is 2.00. The lowest BCUT2D eigenvalue weighted by Crippen LogP contribution is -2.23. The summed E-state index contributed by atoms with van der Waals surface area (Å²) in [6, 6.07) is 1.66. The highest BCUT2D eigenvalue weighted by molar-refractivity contribution is 5.41. The Kier molecular flexibility index (Phi) is 3.63. The molecule has 1 saturated carbocycles. The fraction of sp³-hybridized carbons (Fsp3) is 0.636. The van der Waals surface area contributed by atoms with Crippen molar-refractivity contribution in [1.29, 1.82) is 0 Å². The summed E-state index contributed by atoms with van der Waals surface area (Å²) in [5.74, 6) is 7.21. The molecular weight excluding hydrogens is 218 g/mol. The van der Waals surface area contributed by atoms with Crippen molar-refractivity contribution in [3.63, 3.8) is 0 Å². The third-order valence-corrected chi connectivity index (χ3v) is 3.12. The first kappa shape index (κ1) is 11.9. The third-order valence-electron chi connectivity index (χ3n) is 3.12. The lowest BCUT2D eigenvalue weighted by Gasteiger charge is -2.26. The summed E-state index contributed by atoms with van der Waals surface area (Å²) in [5.41, 5.74) is 8.01. The maximum absolute atomic E-state index is 5.80. The highest BCUT2D eigenvalue weighted by atomic mass is 16.5. The van der Waals surface area contributed by atoms with Gasteiger partial charge < -0.3 is 15.9 Å². The molecule has 1 aromatic rings. The number of hydrogen-bond donors (Lipinski definition) is 3. The van der Waals surface area contributed by atoms with E-state index in [1.54, 1.807) is 6.07 Å². The molecule has 0 aliphatic heterocycles. The summed E-state index contributed by atoms with van der Waals surface area (Å²) < 4.78 is 5.80. The Labute approximate surface area is 101 Å². The van der Waals surface area contributed by atoms with E-state index in [1.165, 1.54) is 12.8 Å². The summed E-state index contributed by atoms with van der Waals surface area (Å²) in [4.78, 5) is 7.95. The second-order valence-electron chi connectivity index (χ2n) is 4.59. The number of nitrogens with one attached hydrogen (secondary N) is 1. The van der Waals surface area contributed by atoms with Crippen LogP contribution in [-0.2, 0) is 0 Å². The van der Waals surface area contributed by atoms with Gasteiger partial charge in [0.25, 0.3) is 0 Å². The molecule has 0 atom stereocenters. The maximum atomic E-state index is 5.80. The van der Waals surface area contributed by atoms with Crippen LogP contribution in [-0.4, -0.2) is 16.1 Å². The Bertz CT molecular complexity index is 376. The van der Waals surface area contributed by atoms with Gasteiger partial charge in [-0.15, -0.1) is 0 Å². The van der Waals surface area contributed by atoms with Gasteiger partial charge in [-0.25, -0.2) is 5.84 Å². The van der Waals surface area contributed by atoms with Crippen LogP contribution in [0.3, 0.4) is 0 Å². The average molecular weight is 237 g/mol. The molecule has 0 aromatic carbocycles. The molecule has 5 N–H and O–H groups in total. The minimum Gasteiger partial charge on any atom is -0.474 e. The Hall–Kier alpha value is -1.56. The first-order valence-corrected chi connectivity index (χ1v) is 5.95. The lowest BCUT2D eigenvalue weighted by molar-refractivity contribution is 0.130. The molecule has 1 aromatic heterocycles. The van der Waals surface area contributed by atoms with Gasteiger partial charge in [-0.1, -0.05) is 6.92 Å². The number of ether oxygens (including phenoxy) is 1. The van der Waals surface area contributed by atoms with Gasteiger partial charge in [-0.2, -0.15) is 9.97 Å². The van der Waals surface area contributed by atoms with E-state index in [2.05, 4.69) is 22.3 Å².